The molecule has 1 unspecified atom stereocenters. The molecule has 0 spiro atoms. The van der Waals surface area contributed by atoms with Crippen LogP contribution in [-0.4, -0.2) is 27.3 Å². The van der Waals surface area contributed by atoms with Crippen molar-refractivity contribution in [2.45, 2.75) is 17.4 Å². The lowest BCUT2D eigenvalue weighted by molar-refractivity contribution is 0.193. The Morgan fingerprint density at radius 2 is 1.82 bits per heavy atom. The summed E-state index contributed by atoms with van der Waals surface area (Å²) in [5.74, 6) is 0. The van der Waals surface area contributed by atoms with Crippen LogP contribution in [0.4, 0.5) is 5.69 Å². The third-order valence-corrected chi connectivity index (χ3v) is 4.97. The first-order valence-electron chi connectivity index (χ1n) is 7.63. The van der Waals surface area contributed by atoms with Crippen LogP contribution in [0.2, 0.25) is 0 Å². The molecule has 0 fully saturated rings. The van der Waals surface area contributed by atoms with Crippen molar-refractivity contribution in [2.75, 3.05) is 31.6 Å². The fourth-order valence-electron chi connectivity index (χ4n) is 2.87. The summed E-state index contributed by atoms with van der Waals surface area (Å²) in [4.78, 5) is 1.31. The van der Waals surface area contributed by atoms with Gasteiger partial charge in [0, 0.05) is 25.7 Å². The molecule has 4 heteroatoms. The van der Waals surface area contributed by atoms with E-state index in [0.29, 0.717) is 0 Å². The Hall–Kier alpha value is -1.49. The number of rotatable bonds is 5. The summed E-state index contributed by atoms with van der Waals surface area (Å²) in [6, 6.07) is 17.5. The van der Waals surface area contributed by atoms with Gasteiger partial charge in [-0.3, -0.25) is 0 Å². The van der Waals surface area contributed by atoms with E-state index in [-0.39, 0.29) is 6.04 Å². The van der Waals surface area contributed by atoms with E-state index in [2.05, 4.69) is 65.2 Å². The first-order valence-corrected chi connectivity index (χ1v) is 8.40. The standard InChI is InChI=1S/C18H22N2OS/c1-20-16-10-5-3-8-14(16)18(19-12-7-13-21-2)15-9-4-6-11-17(15)22-20/h3-6,8-11,18-19H,7,12-13H2,1-2H3. The molecule has 3 rings (SSSR count). The van der Waals surface area contributed by atoms with Crippen molar-refractivity contribution >= 4 is 17.6 Å². The van der Waals surface area contributed by atoms with Crippen molar-refractivity contribution in [1.82, 2.24) is 5.32 Å². The summed E-state index contributed by atoms with van der Waals surface area (Å²) < 4.78 is 7.41. The second kappa shape index (κ2) is 7.18. The van der Waals surface area contributed by atoms with E-state index in [1.807, 2.05) is 0 Å². The van der Waals surface area contributed by atoms with E-state index in [0.717, 1.165) is 19.6 Å². The largest absolute Gasteiger partial charge is 0.385 e. The van der Waals surface area contributed by atoms with Gasteiger partial charge in [-0.05, 0) is 48.2 Å². The third-order valence-electron chi connectivity index (χ3n) is 3.93. The number of ether oxygens (including phenoxy) is 1. The lowest BCUT2D eigenvalue weighted by Crippen LogP contribution is -2.25. The molecule has 1 atom stereocenters. The minimum Gasteiger partial charge on any atom is -0.385 e. The van der Waals surface area contributed by atoms with Crippen LogP contribution in [-0.2, 0) is 4.74 Å². The molecule has 2 aromatic carbocycles. The zero-order valence-corrected chi connectivity index (χ0v) is 13.9. The van der Waals surface area contributed by atoms with Crippen molar-refractivity contribution in [3.63, 3.8) is 0 Å². The number of para-hydroxylation sites is 1. The predicted octanol–water partition coefficient (Wildman–Crippen LogP) is 3.86. The third kappa shape index (κ3) is 3.14. The predicted molar refractivity (Wildman–Crippen MR) is 93.5 cm³/mol. The highest BCUT2D eigenvalue weighted by molar-refractivity contribution is 8.00. The van der Waals surface area contributed by atoms with E-state index < -0.39 is 0 Å². The van der Waals surface area contributed by atoms with Crippen LogP contribution < -0.4 is 9.62 Å². The van der Waals surface area contributed by atoms with Crippen molar-refractivity contribution < 1.29 is 4.74 Å². The Labute approximate surface area is 136 Å². The van der Waals surface area contributed by atoms with Gasteiger partial charge in [0.1, 0.15) is 0 Å². The van der Waals surface area contributed by atoms with Crippen LogP contribution in [0, 0.1) is 0 Å². The van der Waals surface area contributed by atoms with Gasteiger partial charge < -0.3 is 14.4 Å². The van der Waals surface area contributed by atoms with Gasteiger partial charge >= 0.3 is 0 Å². The minimum absolute atomic E-state index is 0.224. The van der Waals surface area contributed by atoms with Crippen molar-refractivity contribution in [1.29, 1.82) is 0 Å². The van der Waals surface area contributed by atoms with E-state index in [4.69, 9.17) is 4.74 Å². The van der Waals surface area contributed by atoms with Crippen LogP contribution in [0.25, 0.3) is 0 Å². The highest BCUT2D eigenvalue weighted by atomic mass is 32.2. The number of hydrogen-bond donors (Lipinski definition) is 1. The normalized spacial score (nSPS) is 16.8. The summed E-state index contributed by atoms with van der Waals surface area (Å²) in [7, 11) is 3.88. The highest BCUT2D eigenvalue weighted by Crippen LogP contribution is 2.42. The SMILES string of the molecule is COCCCNC1c2ccccc2SN(C)c2ccccc21. The Bertz CT molecular complexity index is 632. The smallest absolute Gasteiger partial charge is 0.0609 e. The molecule has 116 valence electrons. The minimum atomic E-state index is 0.224. The maximum Gasteiger partial charge on any atom is 0.0609 e. The van der Waals surface area contributed by atoms with Crippen LogP contribution in [0.3, 0.4) is 0 Å². The Balaban J connectivity index is 1.96. The molecule has 3 nitrogen and oxygen atoms in total. The Morgan fingerprint density at radius 3 is 2.64 bits per heavy atom. The summed E-state index contributed by atoms with van der Waals surface area (Å²) in [6.45, 7) is 1.73. The summed E-state index contributed by atoms with van der Waals surface area (Å²) >= 11 is 1.79. The topological polar surface area (TPSA) is 24.5 Å². The molecular weight excluding hydrogens is 292 g/mol. The highest BCUT2D eigenvalue weighted by Gasteiger charge is 2.25. The number of fused-ring (bicyclic) bond motifs is 2. The summed E-state index contributed by atoms with van der Waals surface area (Å²) in [6.07, 6.45) is 1.01. The van der Waals surface area contributed by atoms with Crippen molar-refractivity contribution in [2.24, 2.45) is 0 Å². The molecule has 22 heavy (non-hydrogen) atoms. The average molecular weight is 314 g/mol. The monoisotopic (exact) mass is 314 g/mol. The van der Waals surface area contributed by atoms with Gasteiger partial charge in [-0.1, -0.05) is 36.4 Å². The fraction of sp³-hybridized carbons (Fsp3) is 0.333. The summed E-state index contributed by atoms with van der Waals surface area (Å²) in [5.41, 5.74) is 3.95. The number of nitrogens with zero attached hydrogens (tertiary/aromatic N) is 1. The molecule has 0 bridgehead atoms. The molecule has 1 N–H and O–H groups in total. The quantitative estimate of drug-likeness (QED) is 0.669. The second-order valence-electron chi connectivity index (χ2n) is 5.42. The van der Waals surface area contributed by atoms with E-state index in [1.165, 1.54) is 21.7 Å². The zero-order chi connectivity index (χ0) is 15.4. The Kier molecular flexibility index (Phi) is 5.03. The molecular formula is C18H22N2OS. The first kappa shape index (κ1) is 15.4. The molecule has 0 saturated heterocycles. The fourth-order valence-corrected chi connectivity index (χ4v) is 3.86. The van der Waals surface area contributed by atoms with Crippen LogP contribution >= 0.6 is 11.9 Å². The van der Waals surface area contributed by atoms with Crippen LogP contribution in [0.5, 0.6) is 0 Å². The number of benzene rings is 2. The molecule has 0 saturated carbocycles. The summed E-state index contributed by atoms with van der Waals surface area (Å²) in [5, 5.41) is 3.71. The van der Waals surface area contributed by atoms with Crippen LogP contribution in [0.1, 0.15) is 23.6 Å². The molecule has 2 aromatic rings. The Morgan fingerprint density at radius 1 is 1.09 bits per heavy atom. The van der Waals surface area contributed by atoms with Crippen molar-refractivity contribution in [3.8, 4) is 0 Å². The molecule has 0 radical (unpaired) electrons. The van der Waals surface area contributed by atoms with Crippen molar-refractivity contribution in [3.05, 3.63) is 59.7 Å². The number of methoxy groups -OCH3 is 1. The van der Waals surface area contributed by atoms with Gasteiger partial charge in [0.2, 0.25) is 0 Å². The van der Waals surface area contributed by atoms with E-state index in [9.17, 15) is 0 Å². The van der Waals surface area contributed by atoms with Gasteiger partial charge in [0.05, 0.1) is 11.7 Å². The van der Waals surface area contributed by atoms with Gasteiger partial charge in [-0.15, -0.1) is 0 Å². The van der Waals surface area contributed by atoms with Crippen LogP contribution in [0.15, 0.2) is 53.4 Å². The van der Waals surface area contributed by atoms with Gasteiger partial charge in [0.25, 0.3) is 0 Å². The first-order chi connectivity index (χ1) is 10.8. The lowest BCUT2D eigenvalue weighted by Gasteiger charge is -2.22. The maximum atomic E-state index is 5.16. The second-order valence-corrected chi connectivity index (χ2v) is 6.59. The maximum absolute atomic E-state index is 5.16. The average Bonchev–Trinajstić information content (AvgIpc) is 2.67. The van der Waals surface area contributed by atoms with E-state index in [1.54, 1.807) is 19.1 Å². The number of anilines is 1. The zero-order valence-electron chi connectivity index (χ0n) is 13.1. The molecule has 0 amide bonds. The number of nitrogens with one attached hydrogen (secondary N) is 1. The van der Waals surface area contributed by atoms with Gasteiger partial charge in [-0.2, -0.15) is 0 Å². The lowest BCUT2D eigenvalue weighted by atomic mass is 9.97. The van der Waals surface area contributed by atoms with E-state index >= 15 is 0 Å². The molecule has 1 aliphatic heterocycles. The number of hydrogen-bond acceptors (Lipinski definition) is 4. The molecule has 1 heterocycles. The molecule has 0 aliphatic carbocycles. The molecule has 1 aliphatic rings. The van der Waals surface area contributed by atoms with Gasteiger partial charge in [0.15, 0.2) is 0 Å². The molecule has 0 aromatic heterocycles. The van der Waals surface area contributed by atoms with Gasteiger partial charge in [-0.25, -0.2) is 0 Å².